The molecule has 0 spiro atoms. The molecular weight excluding hydrogens is 394 g/mol. The molecule has 0 N–H and O–H groups in total. The van der Waals surface area contributed by atoms with Crippen molar-refractivity contribution >= 4 is 26.4 Å². The molecule has 4 rings (SSSR count). The fraction of sp³-hybridized carbons (Fsp3) is 0.318. The maximum absolute atomic E-state index is 14.0. The van der Waals surface area contributed by atoms with E-state index in [0.717, 1.165) is 12.8 Å². The molecule has 29 heavy (non-hydrogen) atoms. The van der Waals surface area contributed by atoms with E-state index in [1.807, 2.05) is 4.90 Å². The van der Waals surface area contributed by atoms with Crippen LogP contribution in [0.2, 0.25) is 0 Å². The van der Waals surface area contributed by atoms with Gasteiger partial charge in [-0.2, -0.15) is 0 Å². The molecule has 2 aromatic carbocycles. The van der Waals surface area contributed by atoms with Gasteiger partial charge in [0.1, 0.15) is 16.5 Å². The van der Waals surface area contributed by atoms with E-state index in [1.165, 1.54) is 36.5 Å². The highest BCUT2D eigenvalue weighted by Gasteiger charge is 2.27. The van der Waals surface area contributed by atoms with Gasteiger partial charge in [0.05, 0.1) is 17.0 Å². The Balaban J connectivity index is 1.85. The number of hydrogen-bond acceptors (Lipinski definition) is 4. The van der Waals surface area contributed by atoms with Crippen molar-refractivity contribution in [1.82, 2.24) is 4.98 Å². The van der Waals surface area contributed by atoms with Crippen molar-refractivity contribution < 1.29 is 17.2 Å². The third kappa shape index (κ3) is 4.10. The molecular formula is C22H22F2N2O2S. The Bertz CT molecular complexity index is 1160. The van der Waals surface area contributed by atoms with Gasteiger partial charge in [-0.25, -0.2) is 17.2 Å². The lowest BCUT2D eigenvalue weighted by atomic mass is 9.98. The largest absolute Gasteiger partial charge is 0.370 e. The molecule has 4 nitrogen and oxygen atoms in total. The summed E-state index contributed by atoms with van der Waals surface area (Å²) in [6, 6.07) is 9.78. The van der Waals surface area contributed by atoms with E-state index < -0.39 is 21.5 Å². The maximum atomic E-state index is 14.0. The Labute approximate surface area is 169 Å². The number of pyridine rings is 1. The van der Waals surface area contributed by atoms with Crippen LogP contribution in [0, 0.1) is 17.6 Å². The third-order valence-corrected chi connectivity index (χ3v) is 7.13. The number of rotatable bonds is 4. The molecule has 0 unspecified atom stereocenters. The van der Waals surface area contributed by atoms with Gasteiger partial charge in [-0.15, -0.1) is 0 Å². The van der Waals surface area contributed by atoms with Crippen molar-refractivity contribution in [1.29, 1.82) is 0 Å². The summed E-state index contributed by atoms with van der Waals surface area (Å²) in [7, 11) is -3.82. The zero-order valence-electron chi connectivity index (χ0n) is 16.1. The summed E-state index contributed by atoms with van der Waals surface area (Å²) in [5.74, 6) is -0.708. The van der Waals surface area contributed by atoms with E-state index in [2.05, 4.69) is 11.9 Å². The Kier molecular flexibility index (Phi) is 5.25. The van der Waals surface area contributed by atoms with Crippen molar-refractivity contribution in [2.24, 2.45) is 5.92 Å². The molecule has 0 bridgehead atoms. The summed E-state index contributed by atoms with van der Waals surface area (Å²) in [5, 5.41) is 0.486. The number of anilines is 1. The Morgan fingerprint density at radius 1 is 1.07 bits per heavy atom. The van der Waals surface area contributed by atoms with Gasteiger partial charge in [-0.1, -0.05) is 19.1 Å². The van der Waals surface area contributed by atoms with Crippen LogP contribution in [0.15, 0.2) is 53.6 Å². The quantitative estimate of drug-likeness (QED) is 0.617. The fourth-order valence-corrected chi connectivity index (χ4v) is 5.36. The van der Waals surface area contributed by atoms with Crippen LogP contribution in [0.1, 0.15) is 25.3 Å². The highest BCUT2D eigenvalue weighted by molar-refractivity contribution is 7.90. The predicted octanol–water partition coefficient (Wildman–Crippen LogP) is 4.72. The highest BCUT2D eigenvalue weighted by atomic mass is 32.2. The first kappa shape index (κ1) is 19.8. The second kappa shape index (κ2) is 7.71. The number of aromatic nitrogens is 1. The first-order valence-electron chi connectivity index (χ1n) is 9.64. The summed E-state index contributed by atoms with van der Waals surface area (Å²) >= 11 is 0. The van der Waals surface area contributed by atoms with Gasteiger partial charge in [-0.05, 0) is 54.7 Å². The van der Waals surface area contributed by atoms with Crippen LogP contribution in [-0.2, 0) is 15.6 Å². The average Bonchev–Trinajstić information content (AvgIpc) is 2.67. The van der Waals surface area contributed by atoms with Gasteiger partial charge >= 0.3 is 0 Å². The van der Waals surface area contributed by atoms with Gasteiger partial charge in [0.15, 0.2) is 9.84 Å². The van der Waals surface area contributed by atoms with Crippen LogP contribution in [-0.4, -0.2) is 26.5 Å². The summed E-state index contributed by atoms with van der Waals surface area (Å²) in [5.41, 5.74) is 1.41. The summed E-state index contributed by atoms with van der Waals surface area (Å²) in [6.45, 7) is 3.56. The van der Waals surface area contributed by atoms with Crippen LogP contribution in [0.4, 0.5) is 14.5 Å². The monoisotopic (exact) mass is 416 g/mol. The molecule has 1 aliphatic rings. The third-order valence-electron chi connectivity index (χ3n) is 5.45. The van der Waals surface area contributed by atoms with E-state index in [-0.39, 0.29) is 10.6 Å². The molecule has 0 saturated carbocycles. The Morgan fingerprint density at radius 3 is 2.52 bits per heavy atom. The second-order valence-electron chi connectivity index (χ2n) is 7.69. The second-order valence-corrected chi connectivity index (χ2v) is 9.65. The lowest BCUT2D eigenvalue weighted by molar-refractivity contribution is 0.437. The first-order chi connectivity index (χ1) is 13.8. The molecule has 1 aromatic heterocycles. The molecule has 0 amide bonds. The molecule has 2 heterocycles. The summed E-state index contributed by atoms with van der Waals surface area (Å²) < 4.78 is 54.1. The van der Waals surface area contributed by atoms with Crippen LogP contribution in [0.5, 0.6) is 0 Å². The van der Waals surface area contributed by atoms with Gasteiger partial charge < -0.3 is 4.90 Å². The van der Waals surface area contributed by atoms with E-state index in [4.69, 9.17) is 0 Å². The molecule has 1 aliphatic heterocycles. The number of halogens is 2. The standard InChI is InChI=1S/C22H22F2N2O2S/c1-15-7-9-26(10-8-15)22-19-12-18(24)5-6-20(19)25-13-21(22)29(27,28)14-16-3-2-4-17(23)11-16/h2-6,11-13,15H,7-10,14H2,1H3. The topological polar surface area (TPSA) is 50.3 Å². The fourth-order valence-electron chi connectivity index (χ4n) is 3.84. The summed E-state index contributed by atoms with van der Waals surface area (Å²) in [6.07, 6.45) is 3.22. The minimum absolute atomic E-state index is 0.0643. The maximum Gasteiger partial charge on any atom is 0.186 e. The van der Waals surface area contributed by atoms with Crippen LogP contribution < -0.4 is 4.90 Å². The average molecular weight is 416 g/mol. The van der Waals surface area contributed by atoms with Crippen LogP contribution >= 0.6 is 0 Å². The number of hydrogen-bond donors (Lipinski definition) is 0. The van der Waals surface area contributed by atoms with Crippen molar-refractivity contribution in [2.75, 3.05) is 18.0 Å². The smallest absolute Gasteiger partial charge is 0.186 e. The molecule has 0 atom stereocenters. The number of nitrogens with zero attached hydrogens (tertiary/aromatic N) is 2. The van der Waals surface area contributed by atoms with Gasteiger partial charge in [0.25, 0.3) is 0 Å². The molecule has 1 fully saturated rings. The number of piperidine rings is 1. The number of sulfone groups is 1. The highest BCUT2D eigenvalue weighted by Crippen LogP contribution is 2.36. The minimum atomic E-state index is -3.82. The van der Waals surface area contributed by atoms with Crippen LogP contribution in [0.3, 0.4) is 0 Å². The van der Waals surface area contributed by atoms with Crippen molar-refractivity contribution in [3.8, 4) is 0 Å². The number of fused-ring (bicyclic) bond motifs is 1. The SMILES string of the molecule is CC1CCN(c2c(S(=O)(=O)Cc3cccc(F)c3)cnc3ccc(F)cc23)CC1. The van der Waals surface area contributed by atoms with Gasteiger partial charge in [0.2, 0.25) is 0 Å². The lowest BCUT2D eigenvalue weighted by Gasteiger charge is -2.34. The number of benzene rings is 2. The molecule has 3 aromatic rings. The lowest BCUT2D eigenvalue weighted by Crippen LogP contribution is -2.34. The Hall–Kier alpha value is -2.54. The van der Waals surface area contributed by atoms with Crippen LogP contribution in [0.25, 0.3) is 10.9 Å². The molecule has 0 aliphatic carbocycles. The van der Waals surface area contributed by atoms with E-state index in [9.17, 15) is 17.2 Å². The Morgan fingerprint density at radius 2 is 1.79 bits per heavy atom. The molecule has 152 valence electrons. The predicted molar refractivity (Wildman–Crippen MR) is 110 cm³/mol. The normalized spacial score (nSPS) is 15.8. The van der Waals surface area contributed by atoms with Gasteiger partial charge in [-0.3, -0.25) is 4.98 Å². The first-order valence-corrected chi connectivity index (χ1v) is 11.3. The molecule has 7 heteroatoms. The minimum Gasteiger partial charge on any atom is -0.370 e. The van der Waals surface area contributed by atoms with E-state index >= 15 is 0 Å². The van der Waals surface area contributed by atoms with Crippen molar-refractivity contribution in [2.45, 2.75) is 30.4 Å². The molecule has 1 saturated heterocycles. The molecule has 0 radical (unpaired) electrons. The van der Waals surface area contributed by atoms with E-state index in [1.54, 1.807) is 12.1 Å². The zero-order chi connectivity index (χ0) is 20.6. The van der Waals surface area contributed by atoms with Crippen molar-refractivity contribution in [3.05, 3.63) is 65.9 Å². The van der Waals surface area contributed by atoms with E-state index in [0.29, 0.717) is 41.2 Å². The summed E-state index contributed by atoms with van der Waals surface area (Å²) in [4.78, 5) is 6.35. The van der Waals surface area contributed by atoms with Gasteiger partial charge in [0, 0.05) is 24.7 Å². The van der Waals surface area contributed by atoms with Crippen molar-refractivity contribution in [3.63, 3.8) is 0 Å². The zero-order valence-corrected chi connectivity index (χ0v) is 16.9.